The Hall–Kier alpha value is -2.86. The smallest absolute Gasteiger partial charge is 0.308 e. The molecule has 0 aliphatic heterocycles. The lowest BCUT2D eigenvalue weighted by molar-refractivity contribution is -0.148. The van der Waals surface area contributed by atoms with Crippen LogP contribution in [0.5, 0.6) is 0 Å². The Balaban J connectivity index is 1.83. The third kappa shape index (κ3) is 5.60. The Morgan fingerprint density at radius 3 is 2.54 bits per heavy atom. The maximum absolute atomic E-state index is 12.2. The van der Waals surface area contributed by atoms with E-state index in [9.17, 15) is 4.79 Å². The van der Waals surface area contributed by atoms with Crippen LogP contribution in [0.3, 0.4) is 0 Å². The highest BCUT2D eigenvalue weighted by Gasteiger charge is 2.19. The summed E-state index contributed by atoms with van der Waals surface area (Å²) in [6.45, 7) is 2.13. The molecule has 0 heterocycles. The molecule has 0 radical (unpaired) electrons. The number of nitrogens with two attached hydrogens (primary N) is 3. The molecule has 0 aliphatic rings. The Morgan fingerprint density at radius 1 is 1.19 bits per heavy atom. The molecule has 0 saturated carbocycles. The normalized spacial score (nSPS) is 13.0. The van der Waals surface area contributed by atoms with Crippen molar-refractivity contribution in [1.82, 2.24) is 0 Å². The molecule has 0 fully saturated rings. The third-order valence-electron chi connectivity index (χ3n) is 4.25. The number of hydrogen-bond donors (Lipinski definition) is 4. The number of nitrogen functional groups attached to an aromatic ring is 2. The Morgan fingerprint density at radius 2 is 1.88 bits per heavy atom. The van der Waals surface area contributed by atoms with Gasteiger partial charge >= 0.3 is 5.97 Å². The van der Waals surface area contributed by atoms with Crippen LogP contribution in [0.15, 0.2) is 48.5 Å². The monoisotopic (exact) mass is 354 g/mol. The summed E-state index contributed by atoms with van der Waals surface area (Å²) in [5.74, 6) is -0.592. The number of esters is 1. The SMILES string of the molecule is CC(CC(N)c1cccc(C(=N)N)c1)C(=O)OCCc1ccc(N)cc1. The van der Waals surface area contributed by atoms with Crippen molar-refractivity contribution >= 4 is 17.5 Å². The Bertz CT molecular complexity index is 759. The van der Waals surface area contributed by atoms with E-state index in [2.05, 4.69) is 0 Å². The van der Waals surface area contributed by atoms with Gasteiger partial charge in [0.1, 0.15) is 5.84 Å². The highest BCUT2D eigenvalue weighted by atomic mass is 16.5. The fourth-order valence-corrected chi connectivity index (χ4v) is 2.65. The summed E-state index contributed by atoms with van der Waals surface area (Å²) in [6, 6.07) is 14.4. The van der Waals surface area contributed by atoms with E-state index >= 15 is 0 Å². The van der Waals surface area contributed by atoms with E-state index in [0.29, 0.717) is 30.7 Å². The van der Waals surface area contributed by atoms with Gasteiger partial charge in [0.05, 0.1) is 12.5 Å². The van der Waals surface area contributed by atoms with Gasteiger partial charge in [-0.05, 0) is 35.7 Å². The number of carbonyl (C=O) groups excluding carboxylic acids is 1. The molecule has 0 spiro atoms. The molecule has 2 aromatic carbocycles. The molecule has 7 N–H and O–H groups in total. The summed E-state index contributed by atoms with van der Waals surface area (Å²) in [7, 11) is 0. The zero-order valence-corrected chi connectivity index (χ0v) is 14.9. The summed E-state index contributed by atoms with van der Waals surface area (Å²) >= 11 is 0. The maximum atomic E-state index is 12.2. The summed E-state index contributed by atoms with van der Waals surface area (Å²) in [5.41, 5.74) is 20.6. The molecule has 0 saturated heterocycles. The van der Waals surface area contributed by atoms with Crippen LogP contribution in [0.2, 0.25) is 0 Å². The van der Waals surface area contributed by atoms with Gasteiger partial charge in [0.2, 0.25) is 0 Å². The topological polar surface area (TPSA) is 128 Å². The van der Waals surface area contributed by atoms with Crippen LogP contribution >= 0.6 is 0 Å². The van der Waals surface area contributed by atoms with Crippen molar-refractivity contribution in [3.8, 4) is 0 Å². The van der Waals surface area contributed by atoms with Gasteiger partial charge in [-0.15, -0.1) is 0 Å². The van der Waals surface area contributed by atoms with Crippen LogP contribution in [-0.4, -0.2) is 18.4 Å². The van der Waals surface area contributed by atoms with Gasteiger partial charge in [0, 0.05) is 23.7 Å². The highest BCUT2D eigenvalue weighted by Crippen LogP contribution is 2.21. The predicted octanol–water partition coefficient (Wildman–Crippen LogP) is 2.36. The van der Waals surface area contributed by atoms with Crippen molar-refractivity contribution in [3.63, 3.8) is 0 Å². The molecule has 2 aromatic rings. The molecule has 2 atom stereocenters. The lowest BCUT2D eigenvalue weighted by atomic mass is 9.95. The van der Waals surface area contributed by atoms with Crippen molar-refractivity contribution in [2.75, 3.05) is 12.3 Å². The van der Waals surface area contributed by atoms with E-state index in [1.54, 1.807) is 19.1 Å². The minimum absolute atomic E-state index is 0.00539. The van der Waals surface area contributed by atoms with Gasteiger partial charge in [0.15, 0.2) is 0 Å². The number of ether oxygens (including phenoxy) is 1. The number of hydrogen-bond acceptors (Lipinski definition) is 5. The summed E-state index contributed by atoms with van der Waals surface area (Å²) < 4.78 is 5.36. The van der Waals surface area contributed by atoms with Crippen LogP contribution in [0.1, 0.15) is 36.1 Å². The van der Waals surface area contributed by atoms with Crippen LogP contribution in [0.25, 0.3) is 0 Å². The number of anilines is 1. The first-order valence-corrected chi connectivity index (χ1v) is 8.58. The van der Waals surface area contributed by atoms with Crippen molar-refractivity contribution in [1.29, 1.82) is 5.41 Å². The number of benzene rings is 2. The molecular formula is C20H26N4O2. The fraction of sp³-hybridized carbons (Fsp3) is 0.300. The second-order valence-corrected chi connectivity index (χ2v) is 6.44. The van der Waals surface area contributed by atoms with Crippen molar-refractivity contribution in [3.05, 3.63) is 65.2 Å². The highest BCUT2D eigenvalue weighted by molar-refractivity contribution is 5.95. The summed E-state index contributed by atoms with van der Waals surface area (Å²) in [4.78, 5) is 12.2. The van der Waals surface area contributed by atoms with E-state index in [4.69, 9.17) is 27.3 Å². The van der Waals surface area contributed by atoms with Gasteiger partial charge in [0.25, 0.3) is 0 Å². The average molecular weight is 354 g/mol. The molecule has 26 heavy (non-hydrogen) atoms. The van der Waals surface area contributed by atoms with Crippen molar-refractivity contribution in [2.45, 2.75) is 25.8 Å². The van der Waals surface area contributed by atoms with Crippen LogP contribution in [-0.2, 0) is 16.0 Å². The fourth-order valence-electron chi connectivity index (χ4n) is 2.65. The number of amidine groups is 1. The van der Waals surface area contributed by atoms with Crippen molar-refractivity contribution in [2.24, 2.45) is 17.4 Å². The zero-order valence-electron chi connectivity index (χ0n) is 14.9. The van der Waals surface area contributed by atoms with Gasteiger partial charge in [-0.3, -0.25) is 10.2 Å². The molecule has 2 unspecified atom stereocenters. The third-order valence-corrected chi connectivity index (χ3v) is 4.25. The van der Waals surface area contributed by atoms with Gasteiger partial charge in [-0.2, -0.15) is 0 Å². The first-order valence-electron chi connectivity index (χ1n) is 8.58. The Labute approximate surface area is 153 Å². The molecule has 6 nitrogen and oxygen atoms in total. The van der Waals surface area contributed by atoms with Crippen LogP contribution in [0.4, 0.5) is 5.69 Å². The molecule has 0 amide bonds. The van der Waals surface area contributed by atoms with E-state index in [1.165, 1.54) is 0 Å². The van der Waals surface area contributed by atoms with E-state index in [-0.39, 0.29) is 23.8 Å². The Kier molecular flexibility index (Phi) is 6.74. The number of nitrogens with one attached hydrogen (secondary N) is 1. The zero-order chi connectivity index (χ0) is 19.1. The predicted molar refractivity (Wildman–Crippen MR) is 104 cm³/mol. The molecule has 0 bridgehead atoms. The molecule has 0 aromatic heterocycles. The van der Waals surface area contributed by atoms with Gasteiger partial charge < -0.3 is 21.9 Å². The second-order valence-electron chi connectivity index (χ2n) is 6.44. The number of rotatable bonds is 8. The molecule has 2 rings (SSSR count). The summed E-state index contributed by atoms with van der Waals surface area (Å²) in [5, 5.41) is 7.50. The first-order chi connectivity index (χ1) is 12.4. The molecular weight excluding hydrogens is 328 g/mol. The van der Waals surface area contributed by atoms with E-state index in [0.717, 1.165) is 11.1 Å². The first kappa shape index (κ1) is 19.5. The van der Waals surface area contributed by atoms with Gasteiger partial charge in [-0.1, -0.05) is 37.3 Å². The maximum Gasteiger partial charge on any atom is 0.308 e. The minimum Gasteiger partial charge on any atom is -0.465 e. The van der Waals surface area contributed by atoms with Crippen molar-refractivity contribution < 1.29 is 9.53 Å². The van der Waals surface area contributed by atoms with E-state index in [1.807, 2.05) is 36.4 Å². The largest absolute Gasteiger partial charge is 0.465 e. The van der Waals surface area contributed by atoms with Crippen LogP contribution in [0, 0.1) is 11.3 Å². The molecule has 6 heteroatoms. The average Bonchev–Trinajstić information content (AvgIpc) is 2.63. The van der Waals surface area contributed by atoms with E-state index < -0.39 is 0 Å². The summed E-state index contributed by atoms with van der Waals surface area (Å²) in [6.07, 6.45) is 1.10. The second kappa shape index (κ2) is 9.01. The lowest BCUT2D eigenvalue weighted by Crippen LogP contribution is -2.22. The minimum atomic E-state index is -0.325. The van der Waals surface area contributed by atoms with Crippen LogP contribution < -0.4 is 17.2 Å². The standard InChI is InChI=1S/C20H26N4O2/c1-13(11-18(22)15-3-2-4-16(12-15)19(23)24)20(25)26-10-9-14-5-7-17(21)8-6-14/h2-8,12-13,18H,9-11,21-22H2,1H3,(H3,23,24). The lowest BCUT2D eigenvalue weighted by Gasteiger charge is -2.17. The molecule has 138 valence electrons. The quantitative estimate of drug-likeness (QED) is 0.250. The van der Waals surface area contributed by atoms with Gasteiger partial charge in [-0.25, -0.2) is 0 Å². The molecule has 0 aliphatic carbocycles. The number of carbonyl (C=O) groups is 1.